The highest BCUT2D eigenvalue weighted by molar-refractivity contribution is 7.22. The number of esters is 1. The van der Waals surface area contributed by atoms with Gasteiger partial charge >= 0.3 is 5.97 Å². The first kappa shape index (κ1) is 17.1. The zero-order valence-electron chi connectivity index (χ0n) is 13.9. The number of aryl methyl sites for hydroxylation is 1. The number of hydrogen-bond donors (Lipinski definition) is 2. The fraction of sp³-hybridized carbons (Fsp3) is 0.235. The van der Waals surface area contributed by atoms with Crippen LogP contribution in [0.15, 0.2) is 18.2 Å². The highest BCUT2D eigenvalue weighted by Crippen LogP contribution is 2.27. The Bertz CT molecular complexity index is 977. The van der Waals surface area contributed by atoms with E-state index < -0.39 is 11.9 Å². The number of hydrogen-bond acceptors (Lipinski definition) is 5. The summed E-state index contributed by atoms with van der Waals surface area (Å²) in [7, 11) is 0. The van der Waals surface area contributed by atoms with Gasteiger partial charge in [0.25, 0.3) is 5.91 Å². The second-order valence-electron chi connectivity index (χ2n) is 5.43. The summed E-state index contributed by atoms with van der Waals surface area (Å²) in [4.78, 5) is 31.7. The Balaban J connectivity index is 1.87. The molecule has 0 aliphatic heterocycles. The maximum atomic E-state index is 13.3. The van der Waals surface area contributed by atoms with Gasteiger partial charge in [-0.25, -0.2) is 14.2 Å². The maximum absolute atomic E-state index is 13.3. The molecule has 2 N–H and O–H groups in total. The van der Waals surface area contributed by atoms with E-state index in [1.54, 1.807) is 26.8 Å². The van der Waals surface area contributed by atoms with Crippen LogP contribution in [0.25, 0.3) is 10.2 Å². The van der Waals surface area contributed by atoms with E-state index >= 15 is 0 Å². The minimum atomic E-state index is -0.469. The summed E-state index contributed by atoms with van der Waals surface area (Å²) >= 11 is 1.18. The van der Waals surface area contributed by atoms with E-state index in [2.05, 4.69) is 15.3 Å². The first-order valence-electron chi connectivity index (χ1n) is 7.64. The molecule has 0 bridgehead atoms. The van der Waals surface area contributed by atoms with E-state index in [-0.39, 0.29) is 18.1 Å². The Morgan fingerprint density at radius 1 is 1.36 bits per heavy atom. The number of carbonyl (C=O) groups excluding carboxylic acids is 2. The number of aromatic nitrogens is 2. The van der Waals surface area contributed by atoms with Crippen molar-refractivity contribution in [3.63, 3.8) is 0 Å². The highest BCUT2D eigenvalue weighted by Gasteiger charge is 2.23. The molecular formula is C17H16FN3O3S. The Hall–Kier alpha value is -2.74. The van der Waals surface area contributed by atoms with Crippen LogP contribution >= 0.6 is 11.3 Å². The number of rotatable bonds is 4. The van der Waals surface area contributed by atoms with Gasteiger partial charge in [-0.1, -0.05) is 11.3 Å². The van der Waals surface area contributed by atoms with Gasteiger partial charge in [0.05, 0.1) is 22.4 Å². The van der Waals surface area contributed by atoms with Crippen LogP contribution in [0.1, 0.15) is 39.0 Å². The molecule has 1 aromatic carbocycles. The Labute approximate surface area is 147 Å². The standard InChI is InChI=1S/C17H16FN3O3S/c1-4-24-16(23)13-8(2)14(19-9(13)3)15(22)21-17-20-11-6-5-10(18)7-12(11)25-17/h5-7,19H,4H2,1-3H3,(H,20,21,22). The van der Waals surface area contributed by atoms with Crippen LogP contribution in [0.4, 0.5) is 9.52 Å². The van der Waals surface area contributed by atoms with Crippen molar-refractivity contribution in [2.45, 2.75) is 20.8 Å². The molecule has 0 saturated heterocycles. The maximum Gasteiger partial charge on any atom is 0.340 e. The second-order valence-corrected chi connectivity index (χ2v) is 6.46. The first-order valence-corrected chi connectivity index (χ1v) is 8.46. The molecule has 8 heteroatoms. The van der Waals surface area contributed by atoms with E-state index in [1.165, 1.54) is 23.5 Å². The molecule has 0 spiro atoms. The number of fused-ring (bicyclic) bond motifs is 1. The summed E-state index contributed by atoms with van der Waals surface area (Å²) in [6, 6.07) is 4.24. The number of aromatic amines is 1. The largest absolute Gasteiger partial charge is 0.462 e. The summed E-state index contributed by atoms with van der Waals surface area (Å²) < 4.78 is 18.9. The normalized spacial score (nSPS) is 10.9. The third-order valence-corrected chi connectivity index (χ3v) is 4.65. The van der Waals surface area contributed by atoms with Crippen molar-refractivity contribution in [3.05, 3.63) is 46.5 Å². The number of benzene rings is 1. The Morgan fingerprint density at radius 2 is 2.12 bits per heavy atom. The van der Waals surface area contributed by atoms with Crippen molar-refractivity contribution < 1.29 is 18.7 Å². The van der Waals surface area contributed by atoms with Crippen LogP contribution in [-0.2, 0) is 4.74 Å². The molecule has 0 saturated carbocycles. The van der Waals surface area contributed by atoms with Gasteiger partial charge in [-0.05, 0) is 44.5 Å². The van der Waals surface area contributed by atoms with E-state index in [1.807, 2.05) is 0 Å². The minimum Gasteiger partial charge on any atom is -0.462 e. The Morgan fingerprint density at radius 3 is 2.84 bits per heavy atom. The molecule has 25 heavy (non-hydrogen) atoms. The van der Waals surface area contributed by atoms with Gasteiger partial charge in [0.1, 0.15) is 11.5 Å². The van der Waals surface area contributed by atoms with E-state index in [9.17, 15) is 14.0 Å². The van der Waals surface area contributed by atoms with Crippen LogP contribution < -0.4 is 5.32 Å². The lowest BCUT2D eigenvalue weighted by Crippen LogP contribution is -2.14. The molecular weight excluding hydrogens is 345 g/mol. The zero-order valence-corrected chi connectivity index (χ0v) is 14.7. The molecule has 0 radical (unpaired) electrons. The second kappa shape index (κ2) is 6.64. The van der Waals surface area contributed by atoms with Crippen LogP contribution in [-0.4, -0.2) is 28.5 Å². The quantitative estimate of drug-likeness (QED) is 0.692. The average molecular weight is 361 g/mol. The van der Waals surface area contributed by atoms with Gasteiger partial charge in [0, 0.05) is 5.69 Å². The zero-order chi connectivity index (χ0) is 18.1. The molecule has 130 valence electrons. The molecule has 0 unspecified atom stereocenters. The summed E-state index contributed by atoms with van der Waals surface area (Å²) in [5.41, 5.74) is 2.31. The van der Waals surface area contributed by atoms with Crippen molar-refractivity contribution in [1.29, 1.82) is 0 Å². The number of amides is 1. The van der Waals surface area contributed by atoms with Crippen molar-refractivity contribution >= 4 is 38.6 Å². The summed E-state index contributed by atoms with van der Waals surface area (Å²) in [5.74, 6) is -1.25. The molecule has 0 atom stereocenters. The van der Waals surface area contributed by atoms with E-state index in [0.717, 1.165) is 0 Å². The monoisotopic (exact) mass is 361 g/mol. The van der Waals surface area contributed by atoms with Crippen molar-refractivity contribution in [2.75, 3.05) is 11.9 Å². The van der Waals surface area contributed by atoms with Gasteiger partial charge in [0.15, 0.2) is 5.13 Å². The molecule has 2 aromatic heterocycles. The van der Waals surface area contributed by atoms with Gasteiger partial charge in [-0.3, -0.25) is 10.1 Å². The number of anilines is 1. The summed E-state index contributed by atoms with van der Waals surface area (Å²) in [6.45, 7) is 5.36. The first-order chi connectivity index (χ1) is 11.9. The van der Waals surface area contributed by atoms with Crippen LogP contribution in [0, 0.1) is 19.7 Å². The molecule has 3 aromatic rings. The lowest BCUT2D eigenvalue weighted by atomic mass is 10.1. The minimum absolute atomic E-state index is 0.257. The number of ether oxygens (including phenoxy) is 1. The Kier molecular flexibility index (Phi) is 4.54. The fourth-order valence-corrected chi connectivity index (χ4v) is 3.48. The highest BCUT2D eigenvalue weighted by atomic mass is 32.1. The lowest BCUT2D eigenvalue weighted by Gasteiger charge is -2.03. The van der Waals surface area contributed by atoms with Gasteiger partial charge < -0.3 is 9.72 Å². The number of carbonyl (C=O) groups is 2. The van der Waals surface area contributed by atoms with Gasteiger partial charge in [0.2, 0.25) is 0 Å². The number of nitrogens with one attached hydrogen (secondary N) is 2. The molecule has 1 amide bonds. The van der Waals surface area contributed by atoms with E-state index in [4.69, 9.17) is 4.74 Å². The third-order valence-electron chi connectivity index (χ3n) is 3.72. The number of nitrogens with zero attached hydrogens (tertiary/aromatic N) is 1. The summed E-state index contributed by atoms with van der Waals surface area (Å²) in [6.07, 6.45) is 0. The molecule has 6 nitrogen and oxygen atoms in total. The fourth-order valence-electron chi connectivity index (χ4n) is 2.60. The van der Waals surface area contributed by atoms with Crippen LogP contribution in [0.3, 0.4) is 0 Å². The predicted molar refractivity (Wildman–Crippen MR) is 93.8 cm³/mol. The third kappa shape index (κ3) is 3.25. The average Bonchev–Trinajstić information content (AvgIpc) is 3.07. The molecule has 0 aliphatic carbocycles. The topological polar surface area (TPSA) is 84.1 Å². The SMILES string of the molecule is CCOC(=O)c1c(C)[nH]c(C(=O)Nc2nc3ccc(F)cc3s2)c1C. The number of thiazole rings is 1. The number of H-pyrrole nitrogens is 1. The van der Waals surface area contributed by atoms with Crippen molar-refractivity contribution in [3.8, 4) is 0 Å². The van der Waals surface area contributed by atoms with Gasteiger partial charge in [-0.2, -0.15) is 0 Å². The predicted octanol–water partition coefficient (Wildman–Crippen LogP) is 3.81. The van der Waals surface area contributed by atoms with Crippen molar-refractivity contribution in [2.24, 2.45) is 0 Å². The number of halogens is 1. The summed E-state index contributed by atoms with van der Waals surface area (Å²) in [5, 5.41) is 3.04. The van der Waals surface area contributed by atoms with E-state index in [0.29, 0.717) is 32.2 Å². The molecule has 0 aliphatic rings. The molecule has 0 fully saturated rings. The van der Waals surface area contributed by atoms with Crippen LogP contribution in [0.5, 0.6) is 0 Å². The lowest BCUT2D eigenvalue weighted by molar-refractivity contribution is 0.0525. The van der Waals surface area contributed by atoms with Crippen molar-refractivity contribution in [1.82, 2.24) is 9.97 Å². The van der Waals surface area contributed by atoms with Gasteiger partial charge in [-0.15, -0.1) is 0 Å². The molecule has 2 heterocycles. The molecule has 3 rings (SSSR count). The van der Waals surface area contributed by atoms with Crippen LogP contribution in [0.2, 0.25) is 0 Å². The smallest absolute Gasteiger partial charge is 0.340 e.